The third kappa shape index (κ3) is 3.71. The molecule has 1 aliphatic rings. The summed E-state index contributed by atoms with van der Waals surface area (Å²) in [6, 6.07) is 3.98. The summed E-state index contributed by atoms with van der Waals surface area (Å²) < 4.78 is 1.81. The molecule has 0 aromatic carbocycles. The number of aromatic nitrogens is 4. The number of anilines is 2. The average molecular weight is 286 g/mol. The molecule has 0 atom stereocenters. The minimum atomic E-state index is 0.545. The summed E-state index contributed by atoms with van der Waals surface area (Å²) in [6.07, 6.45) is 5.44. The van der Waals surface area contributed by atoms with Gasteiger partial charge in [-0.1, -0.05) is 6.92 Å². The lowest BCUT2D eigenvalue weighted by Gasteiger charge is -2.10. The highest BCUT2D eigenvalue weighted by Crippen LogP contribution is 2.38. The molecular weight excluding hydrogens is 264 g/mol. The van der Waals surface area contributed by atoms with Gasteiger partial charge >= 0.3 is 0 Å². The number of aryl methyl sites for hydroxylation is 1. The molecule has 2 aromatic rings. The van der Waals surface area contributed by atoms with Crippen molar-refractivity contribution in [2.24, 2.45) is 7.05 Å². The smallest absolute Gasteiger partial charge is 0.136 e. The molecule has 0 spiro atoms. The van der Waals surface area contributed by atoms with Crippen molar-refractivity contribution in [2.45, 2.75) is 38.6 Å². The summed E-state index contributed by atoms with van der Waals surface area (Å²) in [6.45, 7) is 3.76. The predicted octanol–water partition coefficient (Wildman–Crippen LogP) is 2.52. The third-order valence-corrected chi connectivity index (χ3v) is 3.46. The summed E-state index contributed by atoms with van der Waals surface area (Å²) in [7, 11) is 1.92. The monoisotopic (exact) mass is 286 g/mol. The number of nitrogens with one attached hydrogen (secondary N) is 2. The molecule has 21 heavy (non-hydrogen) atoms. The summed E-state index contributed by atoms with van der Waals surface area (Å²) in [5, 5.41) is 11.1. The second-order valence-corrected chi connectivity index (χ2v) is 5.53. The fourth-order valence-corrected chi connectivity index (χ4v) is 2.16. The van der Waals surface area contributed by atoms with E-state index < -0.39 is 0 Å². The van der Waals surface area contributed by atoms with Crippen molar-refractivity contribution in [3.8, 4) is 0 Å². The summed E-state index contributed by atoms with van der Waals surface area (Å²) in [5.74, 6) is 3.29. The first kappa shape index (κ1) is 13.9. The van der Waals surface area contributed by atoms with Gasteiger partial charge in [-0.2, -0.15) is 5.10 Å². The molecule has 0 aliphatic heterocycles. The lowest BCUT2D eigenvalue weighted by molar-refractivity contribution is 0.746. The molecule has 2 heterocycles. The zero-order valence-corrected chi connectivity index (χ0v) is 12.6. The van der Waals surface area contributed by atoms with E-state index in [4.69, 9.17) is 0 Å². The maximum absolute atomic E-state index is 4.63. The lowest BCUT2D eigenvalue weighted by Crippen LogP contribution is -2.09. The second-order valence-electron chi connectivity index (χ2n) is 5.53. The Balaban J connectivity index is 1.71. The number of nitrogens with zero attached hydrogens (tertiary/aromatic N) is 4. The standard InChI is InChI=1S/C15H22N6/c1-3-7-16-13-9-14(19-15(18-13)11-4-5-11)17-10-12-6-8-21(2)20-12/h6,8-9,11H,3-5,7,10H2,1-2H3,(H2,16,17,18,19). The first-order valence-corrected chi connectivity index (χ1v) is 7.60. The lowest BCUT2D eigenvalue weighted by atomic mass is 10.3. The van der Waals surface area contributed by atoms with E-state index in [1.807, 2.05) is 25.4 Å². The Morgan fingerprint density at radius 2 is 2.00 bits per heavy atom. The fourth-order valence-electron chi connectivity index (χ4n) is 2.16. The molecule has 0 saturated heterocycles. The maximum atomic E-state index is 4.63. The van der Waals surface area contributed by atoms with E-state index in [2.05, 4.69) is 32.6 Å². The number of rotatable bonds is 7. The first-order valence-electron chi connectivity index (χ1n) is 7.60. The minimum Gasteiger partial charge on any atom is -0.370 e. The third-order valence-electron chi connectivity index (χ3n) is 3.46. The summed E-state index contributed by atoms with van der Waals surface area (Å²) in [4.78, 5) is 9.24. The summed E-state index contributed by atoms with van der Waals surface area (Å²) >= 11 is 0. The van der Waals surface area contributed by atoms with Crippen LogP contribution in [0.15, 0.2) is 18.3 Å². The molecule has 6 heteroatoms. The van der Waals surface area contributed by atoms with Gasteiger partial charge < -0.3 is 10.6 Å². The first-order chi connectivity index (χ1) is 10.2. The fraction of sp³-hybridized carbons (Fsp3) is 0.533. The number of hydrogen-bond donors (Lipinski definition) is 2. The van der Waals surface area contributed by atoms with Gasteiger partial charge in [0.05, 0.1) is 12.2 Å². The predicted molar refractivity (Wildman–Crippen MR) is 83.3 cm³/mol. The molecule has 0 unspecified atom stereocenters. The van der Waals surface area contributed by atoms with E-state index in [1.165, 1.54) is 12.8 Å². The van der Waals surface area contributed by atoms with E-state index in [-0.39, 0.29) is 0 Å². The molecule has 0 amide bonds. The highest BCUT2D eigenvalue weighted by Gasteiger charge is 2.27. The van der Waals surface area contributed by atoms with Crippen molar-refractivity contribution in [2.75, 3.05) is 17.2 Å². The van der Waals surface area contributed by atoms with Crippen LogP contribution in [0.1, 0.15) is 43.6 Å². The Labute approximate surface area is 125 Å². The average Bonchev–Trinajstić information content (AvgIpc) is 3.26. The Kier molecular flexibility index (Phi) is 4.03. The van der Waals surface area contributed by atoms with Crippen LogP contribution in [-0.2, 0) is 13.6 Å². The van der Waals surface area contributed by atoms with Gasteiger partial charge in [-0.3, -0.25) is 4.68 Å². The van der Waals surface area contributed by atoms with Crippen molar-refractivity contribution in [1.82, 2.24) is 19.7 Å². The molecule has 1 aliphatic carbocycles. The Morgan fingerprint density at radius 1 is 1.24 bits per heavy atom. The van der Waals surface area contributed by atoms with Crippen LogP contribution in [0, 0.1) is 0 Å². The summed E-state index contributed by atoms with van der Waals surface area (Å²) in [5.41, 5.74) is 1.01. The Hall–Kier alpha value is -2.11. The van der Waals surface area contributed by atoms with Gasteiger partial charge in [-0.05, 0) is 25.3 Å². The van der Waals surface area contributed by atoms with Crippen molar-refractivity contribution < 1.29 is 0 Å². The Bertz CT molecular complexity index is 602. The van der Waals surface area contributed by atoms with Crippen LogP contribution in [0.3, 0.4) is 0 Å². The molecular formula is C15H22N6. The zero-order chi connectivity index (χ0) is 14.7. The van der Waals surface area contributed by atoms with Crippen LogP contribution in [-0.4, -0.2) is 26.3 Å². The zero-order valence-electron chi connectivity index (χ0n) is 12.6. The van der Waals surface area contributed by atoms with Gasteiger partial charge in [0.2, 0.25) is 0 Å². The van der Waals surface area contributed by atoms with Crippen molar-refractivity contribution in [3.63, 3.8) is 0 Å². The second kappa shape index (κ2) is 6.11. The SMILES string of the molecule is CCCNc1cc(NCc2ccn(C)n2)nc(C2CC2)n1. The topological polar surface area (TPSA) is 67.7 Å². The Morgan fingerprint density at radius 3 is 2.62 bits per heavy atom. The molecule has 0 bridgehead atoms. The molecule has 6 nitrogen and oxygen atoms in total. The molecule has 1 saturated carbocycles. The van der Waals surface area contributed by atoms with E-state index in [1.54, 1.807) is 4.68 Å². The van der Waals surface area contributed by atoms with Gasteiger partial charge in [-0.25, -0.2) is 9.97 Å². The largest absolute Gasteiger partial charge is 0.370 e. The van der Waals surface area contributed by atoms with Crippen molar-refractivity contribution >= 4 is 11.6 Å². The molecule has 0 radical (unpaired) electrons. The normalized spacial score (nSPS) is 14.2. The molecule has 1 fully saturated rings. The van der Waals surface area contributed by atoms with Crippen LogP contribution in [0.4, 0.5) is 11.6 Å². The van der Waals surface area contributed by atoms with E-state index in [0.29, 0.717) is 12.5 Å². The molecule has 2 aromatic heterocycles. The van der Waals surface area contributed by atoms with Gasteiger partial charge in [0.25, 0.3) is 0 Å². The van der Waals surface area contributed by atoms with Gasteiger partial charge in [0.1, 0.15) is 17.5 Å². The highest BCUT2D eigenvalue weighted by atomic mass is 15.3. The highest BCUT2D eigenvalue weighted by molar-refractivity contribution is 5.48. The van der Waals surface area contributed by atoms with Gasteiger partial charge in [0.15, 0.2) is 0 Å². The van der Waals surface area contributed by atoms with E-state index in [0.717, 1.165) is 36.1 Å². The number of hydrogen-bond acceptors (Lipinski definition) is 5. The minimum absolute atomic E-state index is 0.545. The van der Waals surface area contributed by atoms with Crippen LogP contribution in [0.2, 0.25) is 0 Å². The molecule has 2 N–H and O–H groups in total. The van der Waals surface area contributed by atoms with Crippen molar-refractivity contribution in [1.29, 1.82) is 0 Å². The van der Waals surface area contributed by atoms with Crippen LogP contribution in [0.25, 0.3) is 0 Å². The van der Waals surface area contributed by atoms with Crippen LogP contribution >= 0.6 is 0 Å². The molecule has 3 rings (SSSR count). The van der Waals surface area contributed by atoms with Crippen molar-refractivity contribution in [3.05, 3.63) is 29.8 Å². The van der Waals surface area contributed by atoms with Crippen LogP contribution < -0.4 is 10.6 Å². The molecule has 112 valence electrons. The van der Waals surface area contributed by atoms with E-state index in [9.17, 15) is 0 Å². The van der Waals surface area contributed by atoms with E-state index >= 15 is 0 Å². The van der Waals surface area contributed by atoms with Gasteiger partial charge in [-0.15, -0.1) is 0 Å². The van der Waals surface area contributed by atoms with Gasteiger partial charge in [0, 0.05) is 31.8 Å². The van der Waals surface area contributed by atoms with Crippen LogP contribution in [0.5, 0.6) is 0 Å². The quantitative estimate of drug-likeness (QED) is 0.818. The maximum Gasteiger partial charge on any atom is 0.136 e.